The van der Waals surface area contributed by atoms with Gasteiger partial charge in [-0.1, -0.05) is 12.1 Å². The molecule has 1 atom stereocenters. The highest BCUT2D eigenvalue weighted by Crippen LogP contribution is 2.22. The molecule has 1 heterocycles. The van der Waals surface area contributed by atoms with Gasteiger partial charge in [0, 0.05) is 13.1 Å². The van der Waals surface area contributed by atoms with Crippen molar-refractivity contribution in [3.63, 3.8) is 0 Å². The summed E-state index contributed by atoms with van der Waals surface area (Å²) in [6.45, 7) is 2.70. The van der Waals surface area contributed by atoms with Crippen molar-refractivity contribution < 1.29 is 9.84 Å². The van der Waals surface area contributed by atoms with Crippen LogP contribution in [0.15, 0.2) is 24.3 Å². The molecule has 1 aromatic rings. The number of nitrogens with zero attached hydrogens (tertiary/aromatic N) is 1. The molecule has 3 heteroatoms. The molecule has 0 amide bonds. The van der Waals surface area contributed by atoms with Gasteiger partial charge in [0.2, 0.25) is 0 Å². The third kappa shape index (κ3) is 2.05. The summed E-state index contributed by atoms with van der Waals surface area (Å²) in [6, 6.07) is 7.24. The lowest BCUT2D eigenvalue weighted by Crippen LogP contribution is -2.35. The fourth-order valence-corrected chi connectivity index (χ4v) is 1.67. The molecule has 14 heavy (non-hydrogen) atoms. The molecule has 1 N–H and O–H groups in total. The number of ether oxygens (including phenoxy) is 1. The highest BCUT2D eigenvalue weighted by Gasteiger charge is 2.18. The highest BCUT2D eigenvalue weighted by atomic mass is 16.5. The van der Waals surface area contributed by atoms with Gasteiger partial charge in [0.15, 0.2) is 0 Å². The Labute approximate surface area is 83.9 Å². The molecule has 0 radical (unpaired) electrons. The number of morpholine rings is 1. The summed E-state index contributed by atoms with van der Waals surface area (Å²) in [4.78, 5) is 2.25. The molecule has 76 valence electrons. The summed E-state index contributed by atoms with van der Waals surface area (Å²) < 4.78 is 5.65. The van der Waals surface area contributed by atoms with E-state index < -0.39 is 0 Å². The van der Waals surface area contributed by atoms with Crippen molar-refractivity contribution in [1.82, 2.24) is 4.90 Å². The predicted molar refractivity (Wildman–Crippen MR) is 54.3 cm³/mol. The number of aromatic hydroxyl groups is 1. The molecule has 3 nitrogen and oxygen atoms in total. The Morgan fingerprint density at radius 1 is 1.36 bits per heavy atom. The average Bonchev–Trinajstić information content (AvgIpc) is 2.19. The number of phenols is 1. The van der Waals surface area contributed by atoms with Crippen LogP contribution in [0.25, 0.3) is 0 Å². The van der Waals surface area contributed by atoms with Gasteiger partial charge in [-0.05, 0) is 24.7 Å². The van der Waals surface area contributed by atoms with Crippen LogP contribution in [-0.4, -0.2) is 36.8 Å². The van der Waals surface area contributed by atoms with Crippen molar-refractivity contribution in [2.24, 2.45) is 0 Å². The van der Waals surface area contributed by atoms with Crippen LogP contribution in [0.2, 0.25) is 0 Å². The zero-order valence-electron chi connectivity index (χ0n) is 8.31. The van der Waals surface area contributed by atoms with Crippen LogP contribution in [-0.2, 0) is 4.74 Å². The normalized spacial score (nSPS) is 23.6. The van der Waals surface area contributed by atoms with Crippen molar-refractivity contribution >= 4 is 0 Å². The maximum absolute atomic E-state index is 9.16. The average molecular weight is 193 g/mol. The molecule has 1 aliphatic rings. The van der Waals surface area contributed by atoms with E-state index in [0.29, 0.717) is 5.75 Å². The number of phenolic OH excluding ortho intramolecular Hbond substituents is 1. The van der Waals surface area contributed by atoms with Gasteiger partial charge in [0.05, 0.1) is 12.7 Å². The molecule has 1 aliphatic heterocycles. The highest BCUT2D eigenvalue weighted by molar-refractivity contribution is 5.27. The smallest absolute Gasteiger partial charge is 0.115 e. The van der Waals surface area contributed by atoms with Crippen molar-refractivity contribution in [1.29, 1.82) is 0 Å². The molecule has 1 aromatic carbocycles. The molecule has 1 fully saturated rings. The van der Waals surface area contributed by atoms with Crippen LogP contribution < -0.4 is 0 Å². The summed E-state index contributed by atoms with van der Waals surface area (Å²) in [6.07, 6.45) is 0.148. The molecular weight excluding hydrogens is 178 g/mol. The zero-order valence-corrected chi connectivity index (χ0v) is 8.31. The molecule has 0 bridgehead atoms. The molecule has 0 spiro atoms. The first-order valence-corrected chi connectivity index (χ1v) is 4.85. The third-order valence-corrected chi connectivity index (χ3v) is 2.53. The molecule has 0 aromatic heterocycles. The van der Waals surface area contributed by atoms with Gasteiger partial charge in [-0.2, -0.15) is 0 Å². The van der Waals surface area contributed by atoms with Crippen LogP contribution in [0.4, 0.5) is 0 Å². The summed E-state index contributed by atoms with van der Waals surface area (Å²) in [5.41, 5.74) is 1.13. The van der Waals surface area contributed by atoms with E-state index in [4.69, 9.17) is 9.84 Å². The van der Waals surface area contributed by atoms with Crippen LogP contribution in [0.3, 0.4) is 0 Å². The first kappa shape index (κ1) is 9.49. The summed E-state index contributed by atoms with van der Waals surface area (Å²) >= 11 is 0. The van der Waals surface area contributed by atoms with E-state index in [0.717, 1.165) is 25.3 Å². The van der Waals surface area contributed by atoms with Crippen molar-refractivity contribution in [2.45, 2.75) is 6.10 Å². The molecule has 0 aliphatic carbocycles. The first-order valence-electron chi connectivity index (χ1n) is 4.85. The predicted octanol–water partition coefficient (Wildman–Crippen LogP) is 1.40. The lowest BCUT2D eigenvalue weighted by atomic mass is 10.1. The third-order valence-electron chi connectivity index (χ3n) is 2.53. The monoisotopic (exact) mass is 193 g/mol. The van der Waals surface area contributed by atoms with Crippen LogP contribution >= 0.6 is 0 Å². The maximum Gasteiger partial charge on any atom is 0.115 e. The number of benzene rings is 1. The van der Waals surface area contributed by atoms with Crippen molar-refractivity contribution in [2.75, 3.05) is 26.7 Å². The van der Waals surface area contributed by atoms with E-state index in [1.54, 1.807) is 12.1 Å². The minimum absolute atomic E-state index is 0.148. The van der Waals surface area contributed by atoms with E-state index >= 15 is 0 Å². The Morgan fingerprint density at radius 3 is 2.71 bits per heavy atom. The van der Waals surface area contributed by atoms with E-state index in [1.165, 1.54) is 0 Å². The SMILES string of the molecule is CN1CCOC(c2ccc(O)cc2)C1. The minimum Gasteiger partial charge on any atom is -0.508 e. The fraction of sp³-hybridized carbons (Fsp3) is 0.455. The van der Waals surface area contributed by atoms with Gasteiger partial charge in [-0.15, -0.1) is 0 Å². The second kappa shape index (κ2) is 3.98. The van der Waals surface area contributed by atoms with Gasteiger partial charge in [-0.25, -0.2) is 0 Å². The quantitative estimate of drug-likeness (QED) is 0.731. The van der Waals surface area contributed by atoms with Gasteiger partial charge < -0.3 is 14.7 Å². The molecule has 1 unspecified atom stereocenters. The number of rotatable bonds is 1. The van der Waals surface area contributed by atoms with E-state index in [9.17, 15) is 0 Å². The summed E-state index contributed by atoms with van der Waals surface area (Å²) in [5, 5.41) is 9.16. The number of likely N-dealkylation sites (N-methyl/N-ethyl adjacent to an activating group) is 1. The topological polar surface area (TPSA) is 32.7 Å². The Morgan fingerprint density at radius 2 is 2.07 bits per heavy atom. The fourth-order valence-electron chi connectivity index (χ4n) is 1.67. The van der Waals surface area contributed by atoms with Crippen molar-refractivity contribution in [3.8, 4) is 5.75 Å². The van der Waals surface area contributed by atoms with Gasteiger partial charge in [-0.3, -0.25) is 0 Å². The molecule has 0 saturated carbocycles. The largest absolute Gasteiger partial charge is 0.508 e. The van der Waals surface area contributed by atoms with E-state index in [-0.39, 0.29) is 6.10 Å². The Hall–Kier alpha value is -1.06. The van der Waals surface area contributed by atoms with Crippen LogP contribution in [0, 0.1) is 0 Å². The Balaban J connectivity index is 2.10. The minimum atomic E-state index is 0.148. The standard InChI is InChI=1S/C11H15NO2/c1-12-6-7-14-11(8-12)9-2-4-10(13)5-3-9/h2-5,11,13H,6-8H2,1H3. The van der Waals surface area contributed by atoms with Crippen LogP contribution in [0.1, 0.15) is 11.7 Å². The Bertz CT molecular complexity index is 297. The second-order valence-electron chi connectivity index (χ2n) is 3.71. The van der Waals surface area contributed by atoms with Crippen molar-refractivity contribution in [3.05, 3.63) is 29.8 Å². The first-order chi connectivity index (χ1) is 6.75. The molecule has 2 rings (SSSR count). The molecular formula is C11H15NO2. The summed E-state index contributed by atoms with van der Waals surface area (Å²) in [5.74, 6) is 0.304. The van der Waals surface area contributed by atoms with Gasteiger partial charge in [0.25, 0.3) is 0 Å². The Kier molecular flexibility index (Phi) is 2.70. The number of hydrogen-bond acceptors (Lipinski definition) is 3. The van der Waals surface area contributed by atoms with E-state index in [1.807, 2.05) is 12.1 Å². The van der Waals surface area contributed by atoms with Gasteiger partial charge in [0.1, 0.15) is 5.75 Å². The summed E-state index contributed by atoms with van der Waals surface area (Å²) in [7, 11) is 2.09. The van der Waals surface area contributed by atoms with Gasteiger partial charge >= 0.3 is 0 Å². The lowest BCUT2D eigenvalue weighted by Gasteiger charge is -2.30. The number of hydrogen-bond donors (Lipinski definition) is 1. The van der Waals surface area contributed by atoms with E-state index in [2.05, 4.69) is 11.9 Å². The maximum atomic E-state index is 9.16. The lowest BCUT2D eigenvalue weighted by molar-refractivity contribution is -0.0209. The zero-order chi connectivity index (χ0) is 9.97. The molecule has 1 saturated heterocycles. The van der Waals surface area contributed by atoms with Crippen LogP contribution in [0.5, 0.6) is 5.75 Å². The second-order valence-corrected chi connectivity index (χ2v) is 3.71.